The molecule has 1 aromatic rings. The Kier molecular flexibility index (Phi) is 2.86. The summed E-state index contributed by atoms with van der Waals surface area (Å²) in [5.74, 6) is 0.651. The van der Waals surface area contributed by atoms with Gasteiger partial charge in [-0.15, -0.1) is 0 Å². The van der Waals surface area contributed by atoms with Crippen molar-refractivity contribution in [2.45, 2.75) is 31.9 Å². The highest BCUT2D eigenvalue weighted by Crippen LogP contribution is 2.41. The van der Waals surface area contributed by atoms with Gasteiger partial charge in [0.15, 0.2) is 0 Å². The molecule has 3 rings (SSSR count). The van der Waals surface area contributed by atoms with Gasteiger partial charge >= 0.3 is 0 Å². The molecule has 1 unspecified atom stereocenters. The third kappa shape index (κ3) is 1.83. The van der Waals surface area contributed by atoms with Crippen LogP contribution in [0.2, 0.25) is 0 Å². The number of hydrogen-bond acceptors (Lipinski definition) is 2. The number of hydrogen-bond donors (Lipinski definition) is 1. The molecule has 1 aliphatic carbocycles. The van der Waals surface area contributed by atoms with Gasteiger partial charge in [-0.25, -0.2) is 0 Å². The van der Waals surface area contributed by atoms with Gasteiger partial charge < -0.3 is 10.0 Å². The van der Waals surface area contributed by atoms with Gasteiger partial charge in [-0.1, -0.05) is 30.3 Å². The van der Waals surface area contributed by atoms with Crippen LogP contribution in [0.25, 0.3) is 0 Å². The number of likely N-dealkylation sites (tertiary alicyclic amines) is 1. The van der Waals surface area contributed by atoms with E-state index in [1.165, 1.54) is 5.56 Å². The number of rotatable bonds is 2. The molecule has 3 nitrogen and oxygen atoms in total. The van der Waals surface area contributed by atoms with E-state index in [0.29, 0.717) is 12.3 Å². The highest BCUT2D eigenvalue weighted by molar-refractivity contribution is 5.82. The van der Waals surface area contributed by atoms with Gasteiger partial charge in [0.2, 0.25) is 5.91 Å². The van der Waals surface area contributed by atoms with Crippen LogP contribution in [0.1, 0.15) is 31.4 Å². The van der Waals surface area contributed by atoms with Gasteiger partial charge in [0, 0.05) is 12.5 Å². The molecule has 1 amide bonds. The zero-order valence-electron chi connectivity index (χ0n) is 10.6. The zero-order chi connectivity index (χ0) is 12.7. The molecule has 96 valence electrons. The summed E-state index contributed by atoms with van der Waals surface area (Å²) in [5, 5.41) is 9.62. The molecule has 0 spiro atoms. The average Bonchev–Trinajstić information content (AvgIpc) is 2.88. The first-order chi connectivity index (χ1) is 8.66. The Balaban J connectivity index is 1.77. The van der Waals surface area contributed by atoms with Crippen molar-refractivity contribution in [1.29, 1.82) is 0 Å². The number of aliphatic hydroxyl groups is 1. The van der Waals surface area contributed by atoms with E-state index in [1.807, 2.05) is 23.1 Å². The summed E-state index contributed by atoms with van der Waals surface area (Å²) in [6.07, 6.45) is 1.17. The van der Waals surface area contributed by atoms with E-state index >= 15 is 0 Å². The summed E-state index contributed by atoms with van der Waals surface area (Å²) < 4.78 is 0. The van der Waals surface area contributed by atoms with Gasteiger partial charge in [0.25, 0.3) is 0 Å². The Morgan fingerprint density at radius 3 is 2.67 bits per heavy atom. The van der Waals surface area contributed by atoms with Gasteiger partial charge in [-0.3, -0.25) is 4.79 Å². The molecule has 1 N–H and O–H groups in total. The van der Waals surface area contributed by atoms with E-state index in [0.717, 1.165) is 13.0 Å². The van der Waals surface area contributed by atoms with Crippen molar-refractivity contribution in [3.05, 3.63) is 35.9 Å². The van der Waals surface area contributed by atoms with E-state index in [-0.39, 0.29) is 24.0 Å². The smallest absolute Gasteiger partial charge is 0.226 e. The number of amides is 1. The minimum absolute atomic E-state index is 0.0613. The molecule has 1 aliphatic heterocycles. The Bertz CT molecular complexity index is 445. The Labute approximate surface area is 107 Å². The minimum Gasteiger partial charge on any atom is -0.393 e. The Morgan fingerprint density at radius 2 is 2.00 bits per heavy atom. The Hall–Kier alpha value is -1.35. The fourth-order valence-corrected chi connectivity index (χ4v) is 3.42. The maximum atomic E-state index is 12.4. The van der Waals surface area contributed by atoms with Gasteiger partial charge in [0.1, 0.15) is 0 Å². The normalized spacial score (nSPS) is 32.7. The molecule has 0 radical (unpaired) electrons. The van der Waals surface area contributed by atoms with Crippen LogP contribution in [-0.2, 0) is 4.79 Å². The predicted molar refractivity (Wildman–Crippen MR) is 68.8 cm³/mol. The van der Waals surface area contributed by atoms with Crippen LogP contribution in [-0.4, -0.2) is 28.6 Å². The number of carbonyl (C=O) groups is 1. The summed E-state index contributed by atoms with van der Waals surface area (Å²) >= 11 is 0. The first-order valence-corrected chi connectivity index (χ1v) is 6.70. The van der Waals surface area contributed by atoms with Crippen molar-refractivity contribution in [3.63, 3.8) is 0 Å². The van der Waals surface area contributed by atoms with Crippen LogP contribution >= 0.6 is 0 Å². The molecular formula is C15H19NO2. The second-order valence-electron chi connectivity index (χ2n) is 5.57. The summed E-state index contributed by atoms with van der Waals surface area (Å²) in [6, 6.07) is 10.3. The molecule has 18 heavy (non-hydrogen) atoms. The third-order valence-corrected chi connectivity index (χ3v) is 4.45. The van der Waals surface area contributed by atoms with Crippen molar-refractivity contribution < 1.29 is 9.90 Å². The van der Waals surface area contributed by atoms with Gasteiger partial charge in [-0.05, 0) is 31.2 Å². The highest BCUT2D eigenvalue weighted by atomic mass is 16.3. The molecule has 4 atom stereocenters. The molecule has 3 heteroatoms. The summed E-state index contributed by atoms with van der Waals surface area (Å²) in [4.78, 5) is 14.3. The molecular weight excluding hydrogens is 226 g/mol. The Morgan fingerprint density at radius 1 is 1.28 bits per heavy atom. The number of benzene rings is 1. The van der Waals surface area contributed by atoms with Crippen LogP contribution < -0.4 is 0 Å². The lowest BCUT2D eigenvalue weighted by Gasteiger charge is -2.26. The molecule has 0 bridgehead atoms. The van der Waals surface area contributed by atoms with Crippen molar-refractivity contribution >= 4 is 5.91 Å². The second-order valence-corrected chi connectivity index (χ2v) is 5.57. The van der Waals surface area contributed by atoms with Crippen molar-refractivity contribution in [2.75, 3.05) is 6.54 Å². The predicted octanol–water partition coefficient (Wildman–Crippen LogP) is 1.98. The van der Waals surface area contributed by atoms with Crippen LogP contribution in [0.5, 0.6) is 0 Å². The van der Waals surface area contributed by atoms with Crippen molar-refractivity contribution in [3.8, 4) is 0 Å². The summed E-state index contributed by atoms with van der Waals surface area (Å²) in [7, 11) is 0. The number of carbonyl (C=O) groups excluding carboxylic acids is 1. The largest absolute Gasteiger partial charge is 0.393 e. The number of aliphatic hydroxyl groups excluding tert-OH is 1. The standard InChI is InChI=1S/C15H19NO2/c1-10(11-5-3-2-4-6-11)16-9-12-7-13(17)8-14(12)15(16)18/h2-6,10,12-14,17H,7-9H2,1H3/t10-,12-,13?,14+/m1/s1. The average molecular weight is 245 g/mol. The molecule has 2 fully saturated rings. The monoisotopic (exact) mass is 245 g/mol. The van der Waals surface area contributed by atoms with Gasteiger partial charge in [0.05, 0.1) is 12.1 Å². The summed E-state index contributed by atoms with van der Waals surface area (Å²) in [6.45, 7) is 2.89. The maximum absolute atomic E-state index is 12.4. The molecule has 2 aliphatic rings. The molecule has 1 heterocycles. The first-order valence-electron chi connectivity index (χ1n) is 6.70. The lowest BCUT2D eigenvalue weighted by Crippen LogP contribution is -2.31. The second kappa shape index (κ2) is 4.39. The zero-order valence-corrected chi connectivity index (χ0v) is 10.6. The third-order valence-electron chi connectivity index (χ3n) is 4.45. The SMILES string of the molecule is C[C@H](c1ccccc1)N1C[C@H]2CC(O)C[C@@H]2C1=O. The number of nitrogens with zero attached hydrogens (tertiary/aromatic N) is 1. The van der Waals surface area contributed by atoms with E-state index in [4.69, 9.17) is 0 Å². The maximum Gasteiger partial charge on any atom is 0.226 e. The molecule has 1 aromatic carbocycles. The topological polar surface area (TPSA) is 40.5 Å². The quantitative estimate of drug-likeness (QED) is 0.865. The molecule has 1 saturated heterocycles. The van der Waals surface area contributed by atoms with Crippen molar-refractivity contribution in [1.82, 2.24) is 4.90 Å². The van der Waals surface area contributed by atoms with E-state index in [2.05, 4.69) is 19.1 Å². The fraction of sp³-hybridized carbons (Fsp3) is 0.533. The van der Waals surface area contributed by atoms with Crippen molar-refractivity contribution in [2.24, 2.45) is 11.8 Å². The summed E-state index contributed by atoms with van der Waals surface area (Å²) in [5.41, 5.74) is 1.19. The van der Waals surface area contributed by atoms with E-state index < -0.39 is 0 Å². The first kappa shape index (κ1) is 11.7. The fourth-order valence-electron chi connectivity index (χ4n) is 3.42. The highest BCUT2D eigenvalue weighted by Gasteiger charge is 2.47. The lowest BCUT2D eigenvalue weighted by molar-refractivity contribution is -0.133. The van der Waals surface area contributed by atoms with Crippen LogP contribution in [0.15, 0.2) is 30.3 Å². The number of fused-ring (bicyclic) bond motifs is 1. The van der Waals surface area contributed by atoms with E-state index in [9.17, 15) is 9.90 Å². The minimum atomic E-state index is -0.266. The van der Waals surface area contributed by atoms with Crippen LogP contribution in [0, 0.1) is 11.8 Å². The molecule has 1 saturated carbocycles. The van der Waals surface area contributed by atoms with Gasteiger partial charge in [-0.2, -0.15) is 0 Å². The van der Waals surface area contributed by atoms with Crippen LogP contribution in [0.3, 0.4) is 0 Å². The van der Waals surface area contributed by atoms with E-state index in [1.54, 1.807) is 0 Å². The molecule has 0 aromatic heterocycles. The van der Waals surface area contributed by atoms with Crippen LogP contribution in [0.4, 0.5) is 0 Å². The lowest BCUT2D eigenvalue weighted by atomic mass is 10.0.